The van der Waals surface area contributed by atoms with Gasteiger partial charge in [0.1, 0.15) is 13.2 Å². The molecule has 7 N–H and O–H groups in total. The van der Waals surface area contributed by atoms with E-state index >= 15 is 0 Å². The molecule has 1 atom stereocenters. The molecular weight excluding hydrogens is 330 g/mol. The second-order valence-electron chi connectivity index (χ2n) is 5.07. The number of carbonyl (C=O) groups excluding carboxylic acids is 3. The monoisotopic (exact) mass is 353 g/mol. The molecule has 0 radical (unpaired) electrons. The van der Waals surface area contributed by atoms with E-state index in [9.17, 15) is 14.4 Å². The average Bonchev–Trinajstić information content (AvgIpc) is 2.59. The number of hydrogen-bond acceptors (Lipinski definition) is 8. The smallest absolute Gasteiger partial charge is 0.322 e. The number of hydrogen-bond donors (Lipinski definition) is 6. The third kappa shape index (κ3) is 9.37. The van der Waals surface area contributed by atoms with E-state index in [0.717, 1.165) is 5.56 Å². The Morgan fingerprint density at radius 3 is 2.52 bits per heavy atom. The highest BCUT2D eigenvalue weighted by Gasteiger charge is 2.20. The number of primary amides is 1. The van der Waals surface area contributed by atoms with Crippen LogP contribution in [-0.2, 0) is 25.7 Å². The van der Waals surface area contributed by atoms with Crippen LogP contribution in [0.2, 0.25) is 0 Å². The minimum Gasteiger partial charge on any atom is -0.460 e. The Balaban J connectivity index is 2.29. The highest BCUT2D eigenvalue weighted by Crippen LogP contribution is 2.00. The Kier molecular flexibility index (Phi) is 9.78. The molecule has 0 heterocycles. The number of nitrogens with one attached hydrogen (secondary N) is 4. The number of hydrazine groups is 1. The zero-order chi connectivity index (χ0) is 18.5. The Bertz CT molecular complexity index is 555. The topological polar surface area (TPSA) is 155 Å². The van der Waals surface area contributed by atoms with E-state index in [1.165, 1.54) is 0 Å². The molecule has 10 heteroatoms. The molecule has 0 aliphatic heterocycles. The normalized spacial score (nSPS) is 11.6. The molecule has 0 fully saturated rings. The molecule has 25 heavy (non-hydrogen) atoms. The molecule has 0 aliphatic rings. The molecule has 0 spiro atoms. The Hall–Kier alpha value is -2.53. The molecule has 0 saturated heterocycles. The largest absolute Gasteiger partial charge is 0.460 e. The van der Waals surface area contributed by atoms with Gasteiger partial charge >= 0.3 is 5.97 Å². The van der Waals surface area contributed by atoms with Crippen LogP contribution in [0.5, 0.6) is 0 Å². The van der Waals surface area contributed by atoms with Crippen LogP contribution in [0.15, 0.2) is 30.3 Å². The standard InChI is InChI=1S/C15H23N5O5/c16-13(21)8-12(17-6-7-19-24)15(23)20-18-9-14(22)25-10-11-4-2-1-3-5-11/h1-5,12,17-19,24H,6-10H2,(H2,16,21)(H,20,23)/t12-/m0/s1. The summed E-state index contributed by atoms with van der Waals surface area (Å²) in [6, 6.07) is 8.28. The van der Waals surface area contributed by atoms with Crippen molar-refractivity contribution < 1.29 is 24.3 Å². The van der Waals surface area contributed by atoms with Crippen LogP contribution in [0.3, 0.4) is 0 Å². The molecule has 1 aromatic carbocycles. The number of nitrogens with two attached hydrogens (primary N) is 1. The minimum absolute atomic E-state index is 0.134. The number of ether oxygens (including phenoxy) is 1. The van der Waals surface area contributed by atoms with Crippen molar-refractivity contribution in [2.45, 2.75) is 19.1 Å². The highest BCUT2D eigenvalue weighted by atomic mass is 16.5. The van der Waals surface area contributed by atoms with Gasteiger partial charge in [0.25, 0.3) is 5.91 Å². The van der Waals surface area contributed by atoms with E-state index in [2.05, 4.69) is 16.2 Å². The van der Waals surface area contributed by atoms with Crippen LogP contribution < -0.4 is 27.4 Å². The van der Waals surface area contributed by atoms with Gasteiger partial charge in [0.15, 0.2) is 0 Å². The van der Waals surface area contributed by atoms with Crippen LogP contribution in [0.25, 0.3) is 0 Å². The lowest BCUT2D eigenvalue weighted by molar-refractivity contribution is -0.144. The van der Waals surface area contributed by atoms with Crippen molar-refractivity contribution in [2.75, 3.05) is 19.6 Å². The van der Waals surface area contributed by atoms with Gasteiger partial charge in [0, 0.05) is 13.1 Å². The molecule has 0 aromatic heterocycles. The maximum absolute atomic E-state index is 12.0. The van der Waals surface area contributed by atoms with Crippen molar-refractivity contribution in [1.82, 2.24) is 21.6 Å². The predicted molar refractivity (Wildman–Crippen MR) is 87.8 cm³/mol. The van der Waals surface area contributed by atoms with Crippen molar-refractivity contribution in [3.63, 3.8) is 0 Å². The molecule has 10 nitrogen and oxygen atoms in total. The first kappa shape index (κ1) is 20.5. The van der Waals surface area contributed by atoms with Crippen molar-refractivity contribution in [2.24, 2.45) is 5.73 Å². The van der Waals surface area contributed by atoms with E-state index in [1.54, 1.807) is 0 Å². The Labute approximate surface area is 145 Å². The SMILES string of the molecule is NC(=O)C[C@H](NCCNO)C(=O)NNCC(=O)OCc1ccccc1. The maximum atomic E-state index is 12.0. The second-order valence-corrected chi connectivity index (χ2v) is 5.07. The van der Waals surface area contributed by atoms with E-state index < -0.39 is 23.8 Å². The summed E-state index contributed by atoms with van der Waals surface area (Å²) in [5, 5.41) is 11.2. The average molecular weight is 353 g/mol. The third-order valence-corrected chi connectivity index (χ3v) is 3.04. The van der Waals surface area contributed by atoms with Crippen LogP contribution in [0.4, 0.5) is 0 Å². The first-order valence-corrected chi connectivity index (χ1v) is 7.64. The van der Waals surface area contributed by atoms with Gasteiger partial charge in [0.05, 0.1) is 12.5 Å². The van der Waals surface area contributed by atoms with Crippen molar-refractivity contribution in [1.29, 1.82) is 0 Å². The maximum Gasteiger partial charge on any atom is 0.322 e. The van der Waals surface area contributed by atoms with Gasteiger partial charge in [-0.3, -0.25) is 19.8 Å². The van der Waals surface area contributed by atoms with E-state index in [4.69, 9.17) is 15.7 Å². The van der Waals surface area contributed by atoms with Crippen molar-refractivity contribution >= 4 is 17.8 Å². The molecule has 0 saturated carbocycles. The lowest BCUT2D eigenvalue weighted by Gasteiger charge is -2.17. The second kappa shape index (κ2) is 11.9. The summed E-state index contributed by atoms with van der Waals surface area (Å²) >= 11 is 0. The first-order valence-electron chi connectivity index (χ1n) is 7.64. The van der Waals surface area contributed by atoms with E-state index in [0.29, 0.717) is 0 Å². The van der Waals surface area contributed by atoms with Crippen LogP contribution >= 0.6 is 0 Å². The van der Waals surface area contributed by atoms with Gasteiger partial charge in [0.2, 0.25) is 5.91 Å². The minimum atomic E-state index is -0.890. The number of rotatable bonds is 12. The van der Waals surface area contributed by atoms with Gasteiger partial charge < -0.3 is 21.0 Å². The summed E-state index contributed by atoms with van der Waals surface area (Å²) in [5.74, 6) is -1.77. The predicted octanol–water partition coefficient (Wildman–Crippen LogP) is -1.84. The van der Waals surface area contributed by atoms with E-state index in [-0.39, 0.29) is 32.7 Å². The van der Waals surface area contributed by atoms with Crippen molar-refractivity contribution in [3.8, 4) is 0 Å². The summed E-state index contributed by atoms with van der Waals surface area (Å²) in [4.78, 5) is 34.5. The number of esters is 1. The third-order valence-electron chi connectivity index (χ3n) is 3.04. The zero-order valence-corrected chi connectivity index (χ0v) is 13.7. The summed E-state index contributed by atoms with van der Waals surface area (Å²) in [7, 11) is 0. The highest BCUT2D eigenvalue weighted by molar-refractivity contribution is 5.87. The van der Waals surface area contributed by atoms with Gasteiger partial charge in [-0.25, -0.2) is 10.9 Å². The van der Waals surface area contributed by atoms with Gasteiger partial charge in [-0.15, -0.1) is 0 Å². The summed E-state index contributed by atoms with van der Waals surface area (Å²) in [5.41, 5.74) is 12.6. The Morgan fingerprint density at radius 2 is 1.88 bits per heavy atom. The molecular formula is C15H23N5O5. The van der Waals surface area contributed by atoms with Crippen LogP contribution in [-0.4, -0.2) is 48.7 Å². The number of hydroxylamine groups is 1. The fraction of sp³-hybridized carbons (Fsp3) is 0.400. The van der Waals surface area contributed by atoms with Crippen molar-refractivity contribution in [3.05, 3.63) is 35.9 Å². The van der Waals surface area contributed by atoms with Crippen LogP contribution in [0.1, 0.15) is 12.0 Å². The molecule has 0 unspecified atom stereocenters. The molecule has 2 amide bonds. The molecule has 0 aliphatic carbocycles. The number of amides is 2. The molecule has 138 valence electrons. The van der Waals surface area contributed by atoms with Gasteiger partial charge in [-0.2, -0.15) is 0 Å². The fourth-order valence-corrected chi connectivity index (χ4v) is 1.84. The quantitative estimate of drug-likeness (QED) is 0.146. The lowest BCUT2D eigenvalue weighted by Crippen LogP contribution is -2.52. The number of carbonyl (C=O) groups is 3. The molecule has 1 rings (SSSR count). The Morgan fingerprint density at radius 1 is 1.16 bits per heavy atom. The van der Waals surface area contributed by atoms with Gasteiger partial charge in [-0.05, 0) is 5.56 Å². The van der Waals surface area contributed by atoms with Crippen LogP contribution in [0, 0.1) is 0 Å². The lowest BCUT2D eigenvalue weighted by atomic mass is 10.2. The van der Waals surface area contributed by atoms with Gasteiger partial charge in [-0.1, -0.05) is 30.3 Å². The summed E-state index contributed by atoms with van der Waals surface area (Å²) in [6.07, 6.45) is -0.225. The number of benzene rings is 1. The summed E-state index contributed by atoms with van der Waals surface area (Å²) in [6.45, 7) is 0.318. The molecule has 0 bridgehead atoms. The summed E-state index contributed by atoms with van der Waals surface area (Å²) < 4.78 is 5.04. The molecule has 1 aromatic rings. The first-order chi connectivity index (χ1) is 12.0. The zero-order valence-electron chi connectivity index (χ0n) is 13.7. The fourth-order valence-electron chi connectivity index (χ4n) is 1.84. The van der Waals surface area contributed by atoms with E-state index in [1.807, 2.05) is 35.8 Å².